The first-order valence-electron chi connectivity index (χ1n) is 5.25. The highest BCUT2D eigenvalue weighted by Gasteiger charge is 2.08. The number of hydrogen-bond acceptors (Lipinski definition) is 2. The van der Waals surface area contributed by atoms with Crippen LogP contribution in [0.3, 0.4) is 0 Å². The molecule has 0 aliphatic rings. The van der Waals surface area contributed by atoms with Gasteiger partial charge in [0.15, 0.2) is 0 Å². The zero-order valence-corrected chi connectivity index (χ0v) is 11.9. The van der Waals surface area contributed by atoms with Crippen molar-refractivity contribution in [1.29, 1.82) is 0 Å². The van der Waals surface area contributed by atoms with Crippen LogP contribution < -0.4 is 11.1 Å². The molecule has 0 radical (unpaired) electrons. The standard InChI is InChI=1S/C13H11BrClFN2/c1-7-9(15)3-2-4-12(7)18-13-6-10(16)8(14)5-11(13)17/h2-6,18H,17H2,1H3. The first-order valence-corrected chi connectivity index (χ1v) is 6.43. The molecule has 0 aliphatic carbocycles. The molecule has 18 heavy (non-hydrogen) atoms. The van der Waals surface area contributed by atoms with Crippen LogP contribution in [0.1, 0.15) is 5.56 Å². The largest absolute Gasteiger partial charge is 0.397 e. The molecule has 2 aromatic rings. The van der Waals surface area contributed by atoms with Gasteiger partial charge in [-0.15, -0.1) is 0 Å². The van der Waals surface area contributed by atoms with Crippen molar-refractivity contribution in [3.63, 3.8) is 0 Å². The number of nitrogens with two attached hydrogens (primary N) is 1. The molecule has 0 fully saturated rings. The van der Waals surface area contributed by atoms with Gasteiger partial charge in [0.25, 0.3) is 0 Å². The molecule has 2 aromatic carbocycles. The second-order valence-corrected chi connectivity index (χ2v) is 5.15. The quantitative estimate of drug-likeness (QED) is 0.771. The Balaban J connectivity index is 2.40. The van der Waals surface area contributed by atoms with Crippen LogP contribution in [-0.4, -0.2) is 0 Å². The first kappa shape index (κ1) is 13.2. The van der Waals surface area contributed by atoms with E-state index in [0.717, 1.165) is 11.3 Å². The van der Waals surface area contributed by atoms with Crippen molar-refractivity contribution >= 4 is 44.6 Å². The molecule has 0 aromatic heterocycles. The number of nitrogens with one attached hydrogen (secondary N) is 1. The molecule has 0 saturated carbocycles. The van der Waals surface area contributed by atoms with Crippen LogP contribution in [0.15, 0.2) is 34.8 Å². The molecule has 0 unspecified atom stereocenters. The predicted octanol–water partition coefficient (Wildman–Crippen LogP) is 4.88. The van der Waals surface area contributed by atoms with E-state index in [1.54, 1.807) is 6.07 Å². The second kappa shape index (κ2) is 5.16. The van der Waals surface area contributed by atoms with Crippen molar-refractivity contribution in [2.45, 2.75) is 6.92 Å². The molecule has 3 N–H and O–H groups in total. The van der Waals surface area contributed by atoms with E-state index >= 15 is 0 Å². The van der Waals surface area contributed by atoms with Crippen molar-refractivity contribution in [2.24, 2.45) is 0 Å². The molecule has 94 valence electrons. The number of hydrogen-bond donors (Lipinski definition) is 2. The molecule has 0 saturated heterocycles. The molecule has 2 rings (SSSR count). The molecule has 0 atom stereocenters. The minimum Gasteiger partial charge on any atom is -0.397 e. The molecule has 5 heteroatoms. The molecule has 0 spiro atoms. The Morgan fingerprint density at radius 1 is 1.28 bits per heavy atom. The summed E-state index contributed by atoms with van der Waals surface area (Å²) in [5, 5.41) is 3.73. The highest BCUT2D eigenvalue weighted by Crippen LogP contribution is 2.31. The third-order valence-electron chi connectivity index (χ3n) is 2.63. The van der Waals surface area contributed by atoms with Crippen LogP contribution in [-0.2, 0) is 0 Å². The zero-order valence-electron chi connectivity index (χ0n) is 9.60. The van der Waals surface area contributed by atoms with E-state index in [0.29, 0.717) is 20.9 Å². The normalized spacial score (nSPS) is 10.4. The Labute approximate surface area is 118 Å². The van der Waals surface area contributed by atoms with E-state index in [1.807, 2.05) is 19.1 Å². The van der Waals surface area contributed by atoms with Crippen LogP contribution in [0.25, 0.3) is 0 Å². The maximum atomic E-state index is 13.5. The van der Waals surface area contributed by atoms with Crippen molar-refractivity contribution < 1.29 is 4.39 Å². The lowest BCUT2D eigenvalue weighted by atomic mass is 10.2. The minimum absolute atomic E-state index is 0.341. The summed E-state index contributed by atoms with van der Waals surface area (Å²) in [7, 11) is 0. The SMILES string of the molecule is Cc1c(Cl)cccc1Nc1cc(F)c(Br)cc1N. The lowest BCUT2D eigenvalue weighted by Gasteiger charge is -2.13. The molecule has 0 amide bonds. The highest BCUT2D eigenvalue weighted by molar-refractivity contribution is 9.10. The van der Waals surface area contributed by atoms with Crippen molar-refractivity contribution in [2.75, 3.05) is 11.1 Å². The van der Waals surface area contributed by atoms with Gasteiger partial charge >= 0.3 is 0 Å². The van der Waals surface area contributed by atoms with Crippen LogP contribution in [0.4, 0.5) is 21.5 Å². The van der Waals surface area contributed by atoms with Crippen molar-refractivity contribution in [1.82, 2.24) is 0 Å². The van der Waals surface area contributed by atoms with Crippen LogP contribution in [0.2, 0.25) is 5.02 Å². The molecule has 0 heterocycles. The van der Waals surface area contributed by atoms with Gasteiger partial charge in [-0.1, -0.05) is 17.7 Å². The Hall–Kier alpha value is -1.26. The average molecular weight is 330 g/mol. The Morgan fingerprint density at radius 2 is 2.00 bits per heavy atom. The summed E-state index contributed by atoms with van der Waals surface area (Å²) in [6.07, 6.45) is 0. The fraction of sp³-hybridized carbons (Fsp3) is 0.0769. The zero-order chi connectivity index (χ0) is 13.3. The maximum Gasteiger partial charge on any atom is 0.139 e. The van der Waals surface area contributed by atoms with E-state index in [4.69, 9.17) is 17.3 Å². The topological polar surface area (TPSA) is 38.0 Å². The molecule has 0 aliphatic heterocycles. The number of benzene rings is 2. The summed E-state index contributed by atoms with van der Waals surface area (Å²) in [5.74, 6) is -0.369. The lowest BCUT2D eigenvalue weighted by molar-refractivity contribution is 0.622. The van der Waals surface area contributed by atoms with Gasteiger partial charge in [-0.2, -0.15) is 0 Å². The Kier molecular flexibility index (Phi) is 3.78. The fourth-order valence-electron chi connectivity index (χ4n) is 1.56. The van der Waals surface area contributed by atoms with E-state index < -0.39 is 0 Å². The Morgan fingerprint density at radius 3 is 2.72 bits per heavy atom. The van der Waals surface area contributed by atoms with Gasteiger partial charge < -0.3 is 11.1 Å². The minimum atomic E-state index is -0.369. The van der Waals surface area contributed by atoms with Gasteiger partial charge in [0.2, 0.25) is 0 Å². The molecule has 0 bridgehead atoms. The summed E-state index contributed by atoms with van der Waals surface area (Å²) in [5.41, 5.74) is 8.50. The summed E-state index contributed by atoms with van der Waals surface area (Å²) in [6, 6.07) is 8.36. The second-order valence-electron chi connectivity index (χ2n) is 3.89. The highest BCUT2D eigenvalue weighted by atomic mass is 79.9. The fourth-order valence-corrected chi connectivity index (χ4v) is 2.09. The summed E-state index contributed by atoms with van der Waals surface area (Å²) in [6.45, 7) is 1.88. The van der Waals surface area contributed by atoms with Crippen molar-refractivity contribution in [3.05, 3.63) is 51.2 Å². The summed E-state index contributed by atoms with van der Waals surface area (Å²) in [4.78, 5) is 0. The van der Waals surface area contributed by atoms with Crippen LogP contribution in [0.5, 0.6) is 0 Å². The maximum absolute atomic E-state index is 13.5. The van der Waals surface area contributed by atoms with Gasteiger partial charge in [0.05, 0.1) is 15.8 Å². The third-order valence-corrected chi connectivity index (χ3v) is 3.65. The monoisotopic (exact) mass is 328 g/mol. The van der Waals surface area contributed by atoms with Crippen LogP contribution >= 0.6 is 27.5 Å². The van der Waals surface area contributed by atoms with E-state index in [9.17, 15) is 4.39 Å². The number of nitrogen functional groups attached to an aromatic ring is 1. The van der Waals surface area contributed by atoms with Gasteiger partial charge in [-0.05, 0) is 46.6 Å². The third kappa shape index (κ3) is 2.60. The smallest absolute Gasteiger partial charge is 0.139 e. The molecular formula is C13H11BrClFN2. The van der Waals surface area contributed by atoms with Crippen LogP contribution in [0, 0.1) is 12.7 Å². The van der Waals surface area contributed by atoms with Crippen molar-refractivity contribution in [3.8, 4) is 0 Å². The van der Waals surface area contributed by atoms with Gasteiger partial charge in [0.1, 0.15) is 5.82 Å². The van der Waals surface area contributed by atoms with E-state index in [1.165, 1.54) is 12.1 Å². The Bertz CT molecular complexity index is 602. The predicted molar refractivity (Wildman–Crippen MR) is 78.0 cm³/mol. The first-order chi connectivity index (χ1) is 8.49. The summed E-state index contributed by atoms with van der Waals surface area (Å²) >= 11 is 9.11. The average Bonchev–Trinajstić information content (AvgIpc) is 2.32. The number of rotatable bonds is 2. The van der Waals surface area contributed by atoms with E-state index in [-0.39, 0.29) is 5.82 Å². The summed E-state index contributed by atoms with van der Waals surface area (Å²) < 4.78 is 13.8. The van der Waals surface area contributed by atoms with Gasteiger partial charge in [-0.3, -0.25) is 0 Å². The lowest BCUT2D eigenvalue weighted by Crippen LogP contribution is -1.99. The molecule has 2 nitrogen and oxygen atoms in total. The van der Waals surface area contributed by atoms with E-state index in [2.05, 4.69) is 21.2 Å². The van der Waals surface area contributed by atoms with Gasteiger partial charge in [0, 0.05) is 16.8 Å². The molecular weight excluding hydrogens is 319 g/mol. The van der Waals surface area contributed by atoms with Gasteiger partial charge in [-0.25, -0.2) is 4.39 Å². The number of halogens is 3. The number of anilines is 3.